The number of aromatic amines is 1. The molecule has 0 spiro atoms. The van der Waals surface area contributed by atoms with Gasteiger partial charge in [-0.15, -0.1) is 0 Å². The second kappa shape index (κ2) is 4.06. The van der Waals surface area contributed by atoms with Crippen molar-refractivity contribution in [2.24, 2.45) is 0 Å². The Balaban J connectivity index is 2.73. The van der Waals surface area contributed by atoms with Crippen LogP contribution in [0.15, 0.2) is 6.20 Å². The molecule has 0 aromatic carbocycles. The minimum Gasteiger partial charge on any atom is -0.460 e. The molecule has 0 atom stereocenters. The van der Waals surface area contributed by atoms with E-state index in [-0.39, 0.29) is 18.0 Å². The molecule has 1 rings (SSSR count). The Labute approximate surface area is 74.7 Å². The van der Waals surface area contributed by atoms with E-state index in [9.17, 15) is 4.79 Å². The highest BCUT2D eigenvalue weighted by Gasteiger charge is 2.17. The molecule has 7 heteroatoms. The molecule has 0 amide bonds. The number of imidazole rings is 1. The summed E-state index contributed by atoms with van der Waals surface area (Å²) in [7, 11) is -1.66. The molecular weight excluding hydrogens is 175 g/mol. The molecule has 6 nitrogen and oxygen atoms in total. The summed E-state index contributed by atoms with van der Waals surface area (Å²) in [6.45, 7) is 1.92. The Morgan fingerprint density at radius 2 is 2.46 bits per heavy atom. The summed E-state index contributed by atoms with van der Waals surface area (Å²) in [6, 6.07) is 0. The molecule has 0 unspecified atom stereocenters. The van der Waals surface area contributed by atoms with E-state index in [1.165, 1.54) is 0 Å². The minimum atomic E-state index is -1.66. The molecule has 0 saturated heterocycles. The van der Waals surface area contributed by atoms with Gasteiger partial charge in [0.05, 0.1) is 12.2 Å². The predicted molar refractivity (Wildman–Crippen MR) is 44.4 cm³/mol. The van der Waals surface area contributed by atoms with Gasteiger partial charge in [-0.2, -0.15) is 0 Å². The van der Waals surface area contributed by atoms with Crippen molar-refractivity contribution in [1.29, 1.82) is 0 Å². The van der Waals surface area contributed by atoms with Gasteiger partial charge < -0.3 is 19.8 Å². The Morgan fingerprint density at radius 3 is 2.92 bits per heavy atom. The van der Waals surface area contributed by atoms with Crippen LogP contribution in [0.25, 0.3) is 0 Å². The summed E-state index contributed by atoms with van der Waals surface area (Å²) in [6.07, 6.45) is 1.16. The molecule has 1 heterocycles. The van der Waals surface area contributed by atoms with Crippen molar-refractivity contribution < 1.29 is 19.6 Å². The number of aromatic nitrogens is 2. The van der Waals surface area contributed by atoms with Crippen LogP contribution in [0.5, 0.6) is 0 Å². The van der Waals surface area contributed by atoms with Gasteiger partial charge in [-0.05, 0) is 6.92 Å². The van der Waals surface area contributed by atoms with Crippen molar-refractivity contribution in [1.82, 2.24) is 9.97 Å². The van der Waals surface area contributed by atoms with Gasteiger partial charge in [0.25, 0.3) is 0 Å². The van der Waals surface area contributed by atoms with Gasteiger partial charge in [0.1, 0.15) is 0 Å². The van der Waals surface area contributed by atoms with E-state index in [1.807, 2.05) is 0 Å². The van der Waals surface area contributed by atoms with Crippen molar-refractivity contribution >= 4 is 18.7 Å². The molecule has 3 N–H and O–H groups in total. The van der Waals surface area contributed by atoms with E-state index in [4.69, 9.17) is 10.0 Å². The largest absolute Gasteiger partial charge is 0.507 e. The van der Waals surface area contributed by atoms with Crippen molar-refractivity contribution in [3.8, 4) is 0 Å². The van der Waals surface area contributed by atoms with Crippen LogP contribution in [0.1, 0.15) is 17.5 Å². The van der Waals surface area contributed by atoms with Crippen molar-refractivity contribution in [2.45, 2.75) is 6.92 Å². The van der Waals surface area contributed by atoms with Crippen LogP contribution >= 0.6 is 0 Å². The highest BCUT2D eigenvalue weighted by atomic mass is 16.5. The van der Waals surface area contributed by atoms with Gasteiger partial charge in [-0.25, -0.2) is 9.78 Å². The molecule has 0 fully saturated rings. The SMILES string of the molecule is CCOC(=O)c1ncc(B(O)O)[nH]1. The average molecular weight is 184 g/mol. The molecular formula is C6H9BN2O4. The van der Waals surface area contributed by atoms with E-state index in [1.54, 1.807) is 6.92 Å². The Morgan fingerprint density at radius 1 is 1.77 bits per heavy atom. The fourth-order valence-corrected chi connectivity index (χ4v) is 0.770. The van der Waals surface area contributed by atoms with Crippen LogP contribution in [0.4, 0.5) is 0 Å². The number of carbonyl (C=O) groups is 1. The van der Waals surface area contributed by atoms with Crippen LogP contribution in [-0.4, -0.2) is 39.7 Å². The summed E-state index contributed by atoms with van der Waals surface area (Å²) >= 11 is 0. The van der Waals surface area contributed by atoms with Crippen LogP contribution < -0.4 is 5.59 Å². The average Bonchev–Trinajstić information content (AvgIpc) is 2.52. The van der Waals surface area contributed by atoms with Crippen molar-refractivity contribution in [2.75, 3.05) is 6.61 Å². The molecule has 70 valence electrons. The molecule has 0 aliphatic heterocycles. The number of H-pyrrole nitrogens is 1. The number of hydrogen-bond acceptors (Lipinski definition) is 5. The number of carbonyl (C=O) groups excluding carboxylic acids is 1. The third-order valence-electron chi connectivity index (χ3n) is 1.34. The number of esters is 1. The highest BCUT2D eigenvalue weighted by Crippen LogP contribution is 1.91. The second-order valence-electron chi connectivity index (χ2n) is 2.28. The van der Waals surface area contributed by atoms with Gasteiger partial charge in [0.2, 0.25) is 5.82 Å². The summed E-state index contributed by atoms with van der Waals surface area (Å²) in [4.78, 5) is 17.0. The molecule has 1 aromatic rings. The maximum atomic E-state index is 11.0. The maximum absolute atomic E-state index is 11.0. The smallest absolute Gasteiger partial charge is 0.460 e. The topological polar surface area (TPSA) is 95.4 Å². The van der Waals surface area contributed by atoms with Crippen LogP contribution in [0, 0.1) is 0 Å². The molecule has 0 aliphatic rings. The van der Waals surface area contributed by atoms with Crippen molar-refractivity contribution in [3.05, 3.63) is 12.0 Å². The maximum Gasteiger partial charge on any atom is 0.507 e. The zero-order chi connectivity index (χ0) is 9.84. The van der Waals surface area contributed by atoms with Crippen LogP contribution in [0.2, 0.25) is 0 Å². The summed E-state index contributed by atoms with van der Waals surface area (Å²) in [5.74, 6) is -0.653. The summed E-state index contributed by atoms with van der Waals surface area (Å²) < 4.78 is 4.63. The first-order valence-electron chi connectivity index (χ1n) is 3.73. The lowest BCUT2D eigenvalue weighted by Crippen LogP contribution is -2.31. The predicted octanol–water partition coefficient (Wildman–Crippen LogP) is -1.73. The summed E-state index contributed by atoms with van der Waals surface area (Å²) in [5.41, 5.74) is 0.0584. The number of hydrogen-bond donors (Lipinski definition) is 3. The molecule has 0 radical (unpaired) electrons. The highest BCUT2D eigenvalue weighted by molar-refractivity contribution is 6.57. The quantitative estimate of drug-likeness (QED) is 0.383. The number of nitrogens with one attached hydrogen (secondary N) is 1. The standard InChI is InChI=1S/C6H9BN2O4/c1-2-13-6(10)5-8-3-4(9-5)7(11)12/h3,11-12H,2H2,1H3,(H,8,9). The minimum absolute atomic E-state index is 0.0371. The van der Waals surface area contributed by atoms with E-state index in [0.29, 0.717) is 0 Å². The molecule has 0 aliphatic carbocycles. The summed E-state index contributed by atoms with van der Waals surface area (Å²) in [5, 5.41) is 17.4. The Bertz CT molecular complexity index is 299. The number of rotatable bonds is 3. The van der Waals surface area contributed by atoms with E-state index < -0.39 is 13.1 Å². The first kappa shape index (κ1) is 9.75. The third kappa shape index (κ3) is 2.30. The monoisotopic (exact) mass is 184 g/mol. The first-order chi connectivity index (χ1) is 6.15. The van der Waals surface area contributed by atoms with Gasteiger partial charge in [0, 0.05) is 6.20 Å². The third-order valence-corrected chi connectivity index (χ3v) is 1.34. The van der Waals surface area contributed by atoms with Gasteiger partial charge >= 0.3 is 13.1 Å². The Hall–Kier alpha value is -1.34. The van der Waals surface area contributed by atoms with E-state index >= 15 is 0 Å². The molecule has 0 bridgehead atoms. The molecule has 1 aromatic heterocycles. The fourth-order valence-electron chi connectivity index (χ4n) is 0.770. The number of ether oxygens (including phenoxy) is 1. The second-order valence-corrected chi connectivity index (χ2v) is 2.28. The van der Waals surface area contributed by atoms with Crippen LogP contribution in [0.3, 0.4) is 0 Å². The zero-order valence-electron chi connectivity index (χ0n) is 7.02. The van der Waals surface area contributed by atoms with E-state index in [2.05, 4.69) is 14.7 Å². The molecule has 13 heavy (non-hydrogen) atoms. The first-order valence-corrected chi connectivity index (χ1v) is 3.73. The zero-order valence-corrected chi connectivity index (χ0v) is 7.02. The fraction of sp³-hybridized carbons (Fsp3) is 0.333. The van der Waals surface area contributed by atoms with Crippen molar-refractivity contribution in [3.63, 3.8) is 0 Å². The lowest BCUT2D eigenvalue weighted by molar-refractivity contribution is 0.0513. The lowest BCUT2D eigenvalue weighted by atomic mass is 9.87. The van der Waals surface area contributed by atoms with Gasteiger partial charge in [-0.1, -0.05) is 0 Å². The number of nitrogens with zero attached hydrogens (tertiary/aromatic N) is 1. The van der Waals surface area contributed by atoms with Crippen LogP contribution in [-0.2, 0) is 4.74 Å². The normalized spacial score (nSPS) is 9.77. The van der Waals surface area contributed by atoms with Gasteiger partial charge in [-0.3, -0.25) is 0 Å². The Kier molecular flexibility index (Phi) is 3.05. The van der Waals surface area contributed by atoms with E-state index in [0.717, 1.165) is 6.20 Å². The van der Waals surface area contributed by atoms with Gasteiger partial charge in [0.15, 0.2) is 0 Å². The molecule has 0 saturated carbocycles. The lowest BCUT2D eigenvalue weighted by Gasteiger charge is -1.96.